The smallest absolute Gasteiger partial charge is 0.258 e. The van der Waals surface area contributed by atoms with Crippen LogP contribution in [0.1, 0.15) is 26.3 Å². The minimum absolute atomic E-state index is 0.265. The van der Waals surface area contributed by atoms with E-state index in [0.29, 0.717) is 16.8 Å². The van der Waals surface area contributed by atoms with E-state index >= 15 is 0 Å². The number of primary amides is 1. The predicted molar refractivity (Wildman–Crippen MR) is 66.2 cm³/mol. The third-order valence-corrected chi connectivity index (χ3v) is 2.52. The monoisotopic (exact) mass is 244 g/mol. The van der Waals surface area contributed by atoms with Crippen LogP contribution < -0.4 is 11.1 Å². The number of aromatic amines is 1. The number of aryl methyl sites for hydroxylation is 1. The molecule has 1 aromatic heterocycles. The Bertz CT molecular complexity index is 590. The van der Waals surface area contributed by atoms with Crippen molar-refractivity contribution in [3.05, 3.63) is 47.3 Å². The Morgan fingerprint density at radius 2 is 2.11 bits per heavy atom. The first-order chi connectivity index (χ1) is 8.58. The average molecular weight is 244 g/mol. The Kier molecular flexibility index (Phi) is 3.09. The largest absolute Gasteiger partial charge is 0.366 e. The molecule has 0 aliphatic rings. The van der Waals surface area contributed by atoms with Gasteiger partial charge in [0.2, 0.25) is 5.91 Å². The number of amides is 2. The molecule has 0 radical (unpaired) electrons. The topological polar surface area (TPSA) is 101 Å². The zero-order valence-corrected chi connectivity index (χ0v) is 9.73. The summed E-state index contributed by atoms with van der Waals surface area (Å²) < 4.78 is 0. The van der Waals surface area contributed by atoms with Gasteiger partial charge in [-0.25, -0.2) is 0 Å². The van der Waals surface area contributed by atoms with Gasteiger partial charge >= 0.3 is 0 Å². The first-order valence-electron chi connectivity index (χ1n) is 5.28. The number of H-pyrrole nitrogens is 1. The van der Waals surface area contributed by atoms with Crippen LogP contribution in [0.2, 0.25) is 0 Å². The second-order valence-electron chi connectivity index (χ2n) is 3.84. The van der Waals surface area contributed by atoms with Crippen molar-refractivity contribution in [3.63, 3.8) is 0 Å². The van der Waals surface area contributed by atoms with E-state index < -0.39 is 5.91 Å². The number of aromatic nitrogens is 2. The zero-order valence-electron chi connectivity index (χ0n) is 9.73. The van der Waals surface area contributed by atoms with Gasteiger partial charge in [0.1, 0.15) is 0 Å². The molecule has 2 amide bonds. The second-order valence-corrected chi connectivity index (χ2v) is 3.84. The third kappa shape index (κ3) is 2.37. The molecule has 0 fully saturated rings. The van der Waals surface area contributed by atoms with E-state index in [0.717, 1.165) is 5.56 Å². The van der Waals surface area contributed by atoms with Crippen LogP contribution in [0.3, 0.4) is 0 Å². The minimum atomic E-state index is -0.495. The molecule has 0 spiro atoms. The van der Waals surface area contributed by atoms with Crippen molar-refractivity contribution in [1.82, 2.24) is 10.2 Å². The summed E-state index contributed by atoms with van der Waals surface area (Å²) >= 11 is 0. The summed E-state index contributed by atoms with van der Waals surface area (Å²) in [6.07, 6.45) is 2.94. The molecular formula is C12H12N4O2. The molecule has 18 heavy (non-hydrogen) atoms. The molecule has 0 aliphatic carbocycles. The van der Waals surface area contributed by atoms with Crippen molar-refractivity contribution in [3.8, 4) is 0 Å². The number of hydrogen-bond acceptors (Lipinski definition) is 3. The molecule has 92 valence electrons. The Morgan fingerprint density at radius 3 is 2.67 bits per heavy atom. The quantitative estimate of drug-likeness (QED) is 0.752. The van der Waals surface area contributed by atoms with E-state index in [9.17, 15) is 9.59 Å². The molecule has 0 aliphatic heterocycles. The Labute approximate surface area is 103 Å². The number of nitrogens with two attached hydrogens (primary N) is 1. The van der Waals surface area contributed by atoms with Gasteiger partial charge in [0.25, 0.3) is 5.91 Å². The van der Waals surface area contributed by atoms with E-state index in [-0.39, 0.29) is 5.91 Å². The fourth-order valence-electron chi connectivity index (χ4n) is 1.53. The number of nitrogens with zero attached hydrogens (tertiary/aromatic N) is 1. The molecule has 1 heterocycles. The normalized spacial score (nSPS) is 10.1. The lowest BCUT2D eigenvalue weighted by atomic mass is 10.1. The lowest BCUT2D eigenvalue weighted by Crippen LogP contribution is -2.14. The Balaban J connectivity index is 2.20. The average Bonchev–Trinajstić information content (AvgIpc) is 2.85. The van der Waals surface area contributed by atoms with Crippen molar-refractivity contribution in [2.75, 3.05) is 5.32 Å². The third-order valence-electron chi connectivity index (χ3n) is 2.52. The maximum absolute atomic E-state index is 11.8. The summed E-state index contributed by atoms with van der Waals surface area (Å²) in [7, 11) is 0. The number of hydrogen-bond donors (Lipinski definition) is 3. The molecule has 2 rings (SSSR count). The van der Waals surface area contributed by atoms with Crippen molar-refractivity contribution in [1.29, 1.82) is 0 Å². The highest BCUT2D eigenvalue weighted by molar-refractivity contribution is 6.04. The summed E-state index contributed by atoms with van der Waals surface area (Å²) in [6, 6.07) is 4.85. The summed E-state index contributed by atoms with van der Waals surface area (Å²) in [4.78, 5) is 22.8. The van der Waals surface area contributed by atoms with Crippen LogP contribution in [0.5, 0.6) is 0 Å². The van der Waals surface area contributed by atoms with Gasteiger partial charge in [-0.05, 0) is 30.7 Å². The van der Waals surface area contributed by atoms with Crippen LogP contribution in [0.15, 0.2) is 30.6 Å². The molecule has 0 bridgehead atoms. The van der Waals surface area contributed by atoms with Crippen LogP contribution in [0.4, 0.5) is 5.69 Å². The van der Waals surface area contributed by atoms with Crippen LogP contribution in [-0.2, 0) is 0 Å². The number of rotatable bonds is 3. The minimum Gasteiger partial charge on any atom is -0.366 e. The summed E-state index contributed by atoms with van der Waals surface area (Å²) in [5, 5.41) is 8.99. The Hall–Kier alpha value is -2.63. The lowest BCUT2D eigenvalue weighted by molar-refractivity contribution is 0.0998. The van der Waals surface area contributed by atoms with Gasteiger partial charge in [-0.15, -0.1) is 0 Å². The van der Waals surface area contributed by atoms with Crippen LogP contribution in [0.25, 0.3) is 0 Å². The maximum Gasteiger partial charge on any atom is 0.258 e. The van der Waals surface area contributed by atoms with Crippen molar-refractivity contribution < 1.29 is 9.59 Å². The van der Waals surface area contributed by atoms with Crippen LogP contribution in [-0.4, -0.2) is 22.0 Å². The van der Waals surface area contributed by atoms with E-state index in [4.69, 9.17) is 5.73 Å². The summed E-state index contributed by atoms with van der Waals surface area (Å²) in [6.45, 7) is 1.79. The first-order valence-corrected chi connectivity index (χ1v) is 5.28. The molecule has 0 unspecified atom stereocenters. The molecule has 6 nitrogen and oxygen atoms in total. The van der Waals surface area contributed by atoms with E-state index in [1.165, 1.54) is 12.4 Å². The van der Waals surface area contributed by atoms with Gasteiger partial charge in [0.15, 0.2) is 0 Å². The summed E-state index contributed by atoms with van der Waals surface area (Å²) in [5.41, 5.74) is 7.42. The molecule has 0 saturated heterocycles. The standard InChI is InChI=1S/C12H12N4O2/c1-7-4-8(11(13)17)2-3-10(7)16-12(18)9-5-14-15-6-9/h2-6H,1H3,(H2,13,17)(H,14,15)(H,16,18). The summed E-state index contributed by atoms with van der Waals surface area (Å²) in [5.74, 6) is -0.760. The van der Waals surface area contributed by atoms with Gasteiger partial charge in [0, 0.05) is 17.4 Å². The number of nitrogens with one attached hydrogen (secondary N) is 2. The van der Waals surface area contributed by atoms with Gasteiger partial charge in [-0.2, -0.15) is 5.10 Å². The number of carbonyl (C=O) groups excluding carboxylic acids is 2. The maximum atomic E-state index is 11.8. The van der Waals surface area contributed by atoms with Gasteiger partial charge in [-0.1, -0.05) is 0 Å². The van der Waals surface area contributed by atoms with Gasteiger partial charge < -0.3 is 11.1 Å². The highest BCUT2D eigenvalue weighted by Gasteiger charge is 2.09. The van der Waals surface area contributed by atoms with E-state index in [2.05, 4.69) is 15.5 Å². The molecule has 6 heteroatoms. The van der Waals surface area contributed by atoms with Crippen molar-refractivity contribution >= 4 is 17.5 Å². The molecule has 0 saturated carbocycles. The SMILES string of the molecule is Cc1cc(C(N)=O)ccc1NC(=O)c1cn[nH]c1. The van der Waals surface area contributed by atoms with E-state index in [1.807, 2.05) is 0 Å². The molecule has 4 N–H and O–H groups in total. The van der Waals surface area contributed by atoms with Crippen molar-refractivity contribution in [2.45, 2.75) is 6.92 Å². The van der Waals surface area contributed by atoms with Gasteiger partial charge in [-0.3, -0.25) is 14.7 Å². The molecule has 0 atom stereocenters. The number of benzene rings is 1. The fraction of sp³-hybridized carbons (Fsp3) is 0.0833. The van der Waals surface area contributed by atoms with E-state index in [1.54, 1.807) is 25.1 Å². The molecule has 1 aromatic carbocycles. The Morgan fingerprint density at radius 1 is 1.33 bits per heavy atom. The number of anilines is 1. The molecular weight excluding hydrogens is 232 g/mol. The van der Waals surface area contributed by atoms with Gasteiger partial charge in [0.05, 0.1) is 11.8 Å². The highest BCUT2D eigenvalue weighted by atomic mass is 16.2. The predicted octanol–water partition coefficient (Wildman–Crippen LogP) is 1.07. The fourth-order valence-corrected chi connectivity index (χ4v) is 1.53. The van der Waals surface area contributed by atoms with Crippen molar-refractivity contribution in [2.24, 2.45) is 5.73 Å². The second kappa shape index (κ2) is 4.70. The van der Waals surface area contributed by atoms with Crippen LogP contribution in [0, 0.1) is 6.92 Å². The zero-order chi connectivity index (χ0) is 13.1. The van der Waals surface area contributed by atoms with Crippen LogP contribution >= 0.6 is 0 Å². The lowest BCUT2D eigenvalue weighted by Gasteiger charge is -2.08. The highest BCUT2D eigenvalue weighted by Crippen LogP contribution is 2.17. The first kappa shape index (κ1) is 11.8. The number of carbonyl (C=O) groups is 2. The molecule has 2 aromatic rings.